The van der Waals surface area contributed by atoms with Crippen LogP contribution in [0.2, 0.25) is 0 Å². The molecule has 0 aliphatic rings. The van der Waals surface area contributed by atoms with Crippen LogP contribution in [-0.4, -0.2) is 19.7 Å². The quantitative estimate of drug-likeness (QED) is 0.734. The smallest absolute Gasteiger partial charge is 0.170 e. The van der Waals surface area contributed by atoms with E-state index in [0.717, 1.165) is 22.6 Å². The van der Waals surface area contributed by atoms with Crippen LogP contribution in [0.15, 0.2) is 30.5 Å². The van der Waals surface area contributed by atoms with Gasteiger partial charge in [0.25, 0.3) is 0 Å². The fraction of sp³-hybridized carbons (Fsp3) is 0.214. The van der Waals surface area contributed by atoms with E-state index in [1.165, 1.54) is 0 Å². The maximum atomic E-state index is 5.94. The van der Waals surface area contributed by atoms with Crippen molar-refractivity contribution in [3.8, 4) is 5.75 Å². The van der Waals surface area contributed by atoms with Gasteiger partial charge in [-0.3, -0.25) is 4.98 Å². The number of rotatable bonds is 3. The van der Waals surface area contributed by atoms with Gasteiger partial charge < -0.3 is 15.0 Å². The second-order valence-corrected chi connectivity index (χ2v) is 4.56. The van der Waals surface area contributed by atoms with Crippen LogP contribution in [0.3, 0.4) is 0 Å². The van der Waals surface area contributed by atoms with Gasteiger partial charge >= 0.3 is 0 Å². The molecule has 6 heteroatoms. The van der Waals surface area contributed by atoms with Crippen LogP contribution in [0.25, 0.3) is 10.9 Å². The second kappa shape index (κ2) is 4.80. The van der Waals surface area contributed by atoms with Crippen molar-refractivity contribution in [1.82, 2.24) is 19.7 Å². The molecule has 0 saturated heterocycles. The lowest BCUT2D eigenvalue weighted by Crippen LogP contribution is -2.05. The minimum atomic E-state index is 0.340. The molecule has 0 bridgehead atoms. The third-order valence-electron chi connectivity index (χ3n) is 3.31. The number of ether oxygens (including phenoxy) is 1. The molecule has 0 radical (unpaired) electrons. The van der Waals surface area contributed by atoms with Crippen molar-refractivity contribution in [3.05, 3.63) is 42.1 Å². The molecule has 0 atom stereocenters. The third kappa shape index (κ3) is 2.05. The van der Waals surface area contributed by atoms with Gasteiger partial charge in [0.05, 0.1) is 0 Å². The number of nitrogens with zero attached hydrogens (tertiary/aromatic N) is 4. The lowest BCUT2D eigenvalue weighted by molar-refractivity contribution is 0.294. The highest BCUT2D eigenvalue weighted by molar-refractivity contribution is 5.94. The first kappa shape index (κ1) is 12.4. The maximum absolute atomic E-state index is 5.94. The van der Waals surface area contributed by atoms with Gasteiger partial charge in [-0.25, -0.2) is 0 Å². The van der Waals surface area contributed by atoms with Crippen molar-refractivity contribution in [2.45, 2.75) is 13.5 Å². The molecule has 20 heavy (non-hydrogen) atoms. The van der Waals surface area contributed by atoms with Crippen LogP contribution in [0.4, 0.5) is 5.69 Å². The summed E-state index contributed by atoms with van der Waals surface area (Å²) in [4.78, 5) is 4.33. The van der Waals surface area contributed by atoms with Crippen LogP contribution in [0.5, 0.6) is 5.75 Å². The van der Waals surface area contributed by atoms with E-state index in [4.69, 9.17) is 10.5 Å². The molecule has 0 spiro atoms. The highest BCUT2D eigenvalue weighted by Crippen LogP contribution is 2.28. The van der Waals surface area contributed by atoms with Crippen LogP contribution in [-0.2, 0) is 13.7 Å². The summed E-state index contributed by atoms with van der Waals surface area (Å²) in [6.45, 7) is 2.24. The van der Waals surface area contributed by atoms with Gasteiger partial charge in [0.2, 0.25) is 0 Å². The normalized spacial score (nSPS) is 10.9. The molecular formula is C14H15N5O. The predicted octanol–water partition coefficient (Wildman–Crippen LogP) is 1.83. The van der Waals surface area contributed by atoms with Crippen LogP contribution < -0.4 is 10.5 Å². The number of pyridine rings is 1. The Kier molecular flexibility index (Phi) is 2.98. The Morgan fingerprint density at radius 1 is 1.25 bits per heavy atom. The van der Waals surface area contributed by atoms with Crippen molar-refractivity contribution in [1.29, 1.82) is 0 Å². The molecule has 0 aliphatic heterocycles. The number of hydrogen-bond donors (Lipinski definition) is 1. The SMILES string of the molecule is Cc1nnc(COc2ccc(N)c3cccnc23)n1C. The first-order valence-corrected chi connectivity index (χ1v) is 6.27. The van der Waals surface area contributed by atoms with Crippen LogP contribution in [0, 0.1) is 6.92 Å². The minimum Gasteiger partial charge on any atom is -0.483 e. The molecule has 1 aromatic carbocycles. The number of aryl methyl sites for hydroxylation is 1. The van der Waals surface area contributed by atoms with E-state index < -0.39 is 0 Å². The molecule has 0 amide bonds. The largest absolute Gasteiger partial charge is 0.483 e. The van der Waals surface area contributed by atoms with Crippen molar-refractivity contribution in [2.75, 3.05) is 5.73 Å². The molecule has 6 nitrogen and oxygen atoms in total. The Morgan fingerprint density at radius 3 is 2.85 bits per heavy atom. The molecule has 0 aliphatic carbocycles. The molecule has 0 fully saturated rings. The highest BCUT2D eigenvalue weighted by atomic mass is 16.5. The number of nitrogen functional groups attached to an aromatic ring is 1. The summed E-state index contributed by atoms with van der Waals surface area (Å²) < 4.78 is 7.71. The van der Waals surface area contributed by atoms with E-state index >= 15 is 0 Å². The topological polar surface area (TPSA) is 78.8 Å². The van der Waals surface area contributed by atoms with Crippen LogP contribution >= 0.6 is 0 Å². The summed E-state index contributed by atoms with van der Waals surface area (Å²) in [6.07, 6.45) is 1.72. The number of nitrogens with two attached hydrogens (primary N) is 1. The molecule has 3 rings (SSSR count). The average Bonchev–Trinajstić information content (AvgIpc) is 2.79. The van der Waals surface area contributed by atoms with E-state index in [2.05, 4.69) is 15.2 Å². The average molecular weight is 269 g/mol. The number of aromatic nitrogens is 4. The number of fused-ring (bicyclic) bond motifs is 1. The third-order valence-corrected chi connectivity index (χ3v) is 3.31. The fourth-order valence-corrected chi connectivity index (χ4v) is 2.00. The fourth-order valence-electron chi connectivity index (χ4n) is 2.00. The predicted molar refractivity (Wildman–Crippen MR) is 76.2 cm³/mol. The van der Waals surface area contributed by atoms with Crippen molar-refractivity contribution >= 4 is 16.6 Å². The molecule has 2 N–H and O–H groups in total. The molecular weight excluding hydrogens is 254 g/mol. The van der Waals surface area contributed by atoms with Gasteiger partial charge in [-0.15, -0.1) is 10.2 Å². The summed E-state index contributed by atoms with van der Waals surface area (Å²) in [5.74, 6) is 2.31. The van der Waals surface area contributed by atoms with Crippen molar-refractivity contribution in [2.24, 2.45) is 7.05 Å². The standard InChI is InChI=1S/C14H15N5O/c1-9-17-18-13(19(9)2)8-20-12-6-5-11(15)10-4-3-7-16-14(10)12/h3-7H,8,15H2,1-2H3. The van der Waals surface area contributed by atoms with Gasteiger partial charge in [0, 0.05) is 24.3 Å². The monoisotopic (exact) mass is 269 g/mol. The van der Waals surface area contributed by atoms with E-state index in [-0.39, 0.29) is 0 Å². The Balaban J connectivity index is 1.92. The lowest BCUT2D eigenvalue weighted by atomic mass is 10.2. The molecule has 0 unspecified atom stereocenters. The molecule has 102 valence electrons. The summed E-state index contributed by atoms with van der Waals surface area (Å²) >= 11 is 0. The van der Waals surface area contributed by atoms with Crippen molar-refractivity contribution < 1.29 is 4.74 Å². The number of benzene rings is 1. The van der Waals surface area contributed by atoms with Gasteiger partial charge in [-0.05, 0) is 31.2 Å². The Morgan fingerprint density at radius 2 is 2.10 bits per heavy atom. The van der Waals surface area contributed by atoms with Gasteiger partial charge in [-0.2, -0.15) is 0 Å². The van der Waals surface area contributed by atoms with Crippen molar-refractivity contribution in [3.63, 3.8) is 0 Å². The first-order valence-electron chi connectivity index (χ1n) is 6.27. The van der Waals surface area contributed by atoms with Gasteiger partial charge in [0.1, 0.15) is 23.7 Å². The Labute approximate surface area is 116 Å². The van der Waals surface area contributed by atoms with Gasteiger partial charge in [0.15, 0.2) is 5.82 Å². The number of anilines is 1. The highest BCUT2D eigenvalue weighted by Gasteiger charge is 2.09. The molecule has 2 aromatic heterocycles. The zero-order valence-electron chi connectivity index (χ0n) is 11.4. The Bertz CT molecular complexity index is 765. The van der Waals surface area contributed by atoms with E-state index in [9.17, 15) is 0 Å². The zero-order chi connectivity index (χ0) is 14.1. The molecule has 3 aromatic rings. The van der Waals surface area contributed by atoms with Crippen LogP contribution in [0.1, 0.15) is 11.6 Å². The molecule has 2 heterocycles. The van der Waals surface area contributed by atoms with E-state index in [1.54, 1.807) is 6.20 Å². The molecule has 0 saturated carbocycles. The maximum Gasteiger partial charge on any atom is 0.170 e. The Hall–Kier alpha value is -2.63. The summed E-state index contributed by atoms with van der Waals surface area (Å²) in [7, 11) is 1.91. The summed E-state index contributed by atoms with van der Waals surface area (Å²) in [5.41, 5.74) is 7.38. The zero-order valence-corrected chi connectivity index (χ0v) is 11.4. The van der Waals surface area contributed by atoms with E-state index in [1.807, 2.05) is 42.8 Å². The second-order valence-electron chi connectivity index (χ2n) is 4.56. The minimum absolute atomic E-state index is 0.340. The van der Waals surface area contributed by atoms with E-state index in [0.29, 0.717) is 18.0 Å². The summed E-state index contributed by atoms with van der Waals surface area (Å²) in [6, 6.07) is 7.43. The first-order chi connectivity index (χ1) is 9.66. The summed E-state index contributed by atoms with van der Waals surface area (Å²) in [5, 5.41) is 8.96. The van der Waals surface area contributed by atoms with Gasteiger partial charge in [-0.1, -0.05) is 0 Å². The number of hydrogen-bond acceptors (Lipinski definition) is 5. The lowest BCUT2D eigenvalue weighted by Gasteiger charge is -2.09.